The number of benzene rings is 3. The lowest BCUT2D eigenvalue weighted by molar-refractivity contribution is -0.123. The molecule has 3 aromatic carbocycles. The van der Waals surface area contributed by atoms with Crippen molar-refractivity contribution in [1.82, 2.24) is 10.2 Å². The van der Waals surface area contributed by atoms with Gasteiger partial charge in [0, 0.05) is 5.56 Å². The molecule has 1 aliphatic rings. The van der Waals surface area contributed by atoms with E-state index in [0.29, 0.717) is 11.3 Å². The van der Waals surface area contributed by atoms with Crippen molar-refractivity contribution in [2.75, 3.05) is 0 Å². The second kappa shape index (κ2) is 9.88. The molecule has 7 heteroatoms. The summed E-state index contributed by atoms with van der Waals surface area (Å²) in [4.78, 5) is 26.3. The molecule has 0 spiro atoms. The van der Waals surface area contributed by atoms with E-state index in [9.17, 15) is 14.9 Å². The summed E-state index contributed by atoms with van der Waals surface area (Å²) in [7, 11) is 0. The Labute approximate surface area is 205 Å². The van der Waals surface area contributed by atoms with Crippen LogP contribution >= 0.6 is 22.6 Å². The number of nitrogens with zero attached hydrogens (tertiary/aromatic N) is 2. The Morgan fingerprint density at radius 2 is 1.85 bits per heavy atom. The molecule has 164 valence electrons. The highest BCUT2D eigenvalue weighted by Gasteiger charge is 2.33. The summed E-state index contributed by atoms with van der Waals surface area (Å²) in [5.74, 6) is 0.317. The van der Waals surface area contributed by atoms with Crippen molar-refractivity contribution < 1.29 is 14.3 Å². The van der Waals surface area contributed by atoms with Gasteiger partial charge in [-0.1, -0.05) is 54.1 Å². The molecule has 0 bridgehead atoms. The SMILES string of the molecule is Cc1ccc(CN2C(=O)N/C(=C/c3ccc(OCc4ccccc4C#N)c(I)c3)C2=O)cc1. The lowest BCUT2D eigenvalue weighted by Crippen LogP contribution is -2.30. The summed E-state index contributed by atoms with van der Waals surface area (Å²) in [6.45, 7) is 2.49. The number of urea groups is 1. The molecule has 6 nitrogen and oxygen atoms in total. The van der Waals surface area contributed by atoms with Gasteiger partial charge in [-0.05, 0) is 64.9 Å². The van der Waals surface area contributed by atoms with Gasteiger partial charge < -0.3 is 10.1 Å². The van der Waals surface area contributed by atoms with Gasteiger partial charge in [-0.2, -0.15) is 5.26 Å². The molecule has 0 aromatic heterocycles. The second-order valence-corrected chi connectivity index (χ2v) is 8.77. The van der Waals surface area contributed by atoms with Crippen LogP contribution in [0.4, 0.5) is 4.79 Å². The van der Waals surface area contributed by atoms with Crippen molar-refractivity contribution >= 4 is 40.6 Å². The third kappa shape index (κ3) is 5.23. The summed E-state index contributed by atoms with van der Waals surface area (Å²) < 4.78 is 6.75. The van der Waals surface area contributed by atoms with E-state index in [0.717, 1.165) is 25.8 Å². The van der Waals surface area contributed by atoms with E-state index in [1.54, 1.807) is 12.1 Å². The third-order valence-corrected chi connectivity index (χ3v) is 6.05. The van der Waals surface area contributed by atoms with Crippen LogP contribution in [0.25, 0.3) is 6.08 Å². The van der Waals surface area contributed by atoms with Gasteiger partial charge >= 0.3 is 6.03 Å². The maximum absolute atomic E-state index is 12.8. The number of nitrogens with one attached hydrogen (secondary N) is 1. The van der Waals surface area contributed by atoms with E-state index in [4.69, 9.17) is 4.74 Å². The van der Waals surface area contributed by atoms with Crippen LogP contribution in [0.2, 0.25) is 0 Å². The molecule has 1 saturated heterocycles. The van der Waals surface area contributed by atoms with Crippen molar-refractivity contribution in [3.8, 4) is 11.8 Å². The number of aryl methyl sites for hydroxylation is 1. The van der Waals surface area contributed by atoms with Crippen LogP contribution in [-0.4, -0.2) is 16.8 Å². The number of carbonyl (C=O) groups excluding carboxylic acids is 2. The van der Waals surface area contributed by atoms with Crippen molar-refractivity contribution in [3.63, 3.8) is 0 Å². The molecular weight excluding hydrogens is 529 g/mol. The highest BCUT2D eigenvalue weighted by Crippen LogP contribution is 2.25. The molecule has 1 N–H and O–H groups in total. The zero-order chi connectivity index (χ0) is 23.4. The molecular formula is C26H20IN3O3. The van der Waals surface area contributed by atoms with Gasteiger partial charge in [0.15, 0.2) is 0 Å². The minimum atomic E-state index is -0.433. The first kappa shape index (κ1) is 22.6. The Bertz CT molecular complexity index is 1290. The molecule has 1 aliphatic heterocycles. The summed E-state index contributed by atoms with van der Waals surface area (Å²) in [5.41, 5.74) is 4.41. The van der Waals surface area contributed by atoms with Crippen LogP contribution < -0.4 is 10.1 Å². The van der Waals surface area contributed by atoms with E-state index >= 15 is 0 Å². The highest BCUT2D eigenvalue weighted by atomic mass is 127. The van der Waals surface area contributed by atoms with Crippen LogP contribution in [0.3, 0.4) is 0 Å². The molecule has 1 heterocycles. The predicted octanol–water partition coefficient (Wildman–Crippen LogP) is 5.14. The smallest absolute Gasteiger partial charge is 0.329 e. The highest BCUT2D eigenvalue weighted by molar-refractivity contribution is 14.1. The molecule has 0 unspecified atom stereocenters. The Kier molecular flexibility index (Phi) is 6.75. The van der Waals surface area contributed by atoms with Gasteiger partial charge in [0.25, 0.3) is 5.91 Å². The van der Waals surface area contributed by atoms with E-state index in [1.165, 1.54) is 4.90 Å². The summed E-state index contributed by atoms with van der Waals surface area (Å²) >= 11 is 2.16. The number of halogens is 1. The van der Waals surface area contributed by atoms with Crippen LogP contribution in [0.1, 0.15) is 27.8 Å². The molecule has 0 atom stereocenters. The first-order chi connectivity index (χ1) is 15.9. The zero-order valence-electron chi connectivity index (χ0n) is 17.8. The van der Waals surface area contributed by atoms with Gasteiger partial charge in [0.2, 0.25) is 0 Å². The van der Waals surface area contributed by atoms with Crippen molar-refractivity contribution in [1.29, 1.82) is 5.26 Å². The number of imide groups is 1. The monoisotopic (exact) mass is 549 g/mol. The molecule has 1 fully saturated rings. The van der Waals surface area contributed by atoms with Gasteiger partial charge in [-0.15, -0.1) is 0 Å². The Morgan fingerprint density at radius 3 is 2.58 bits per heavy atom. The Hall–Kier alpha value is -3.64. The lowest BCUT2D eigenvalue weighted by Gasteiger charge is -2.12. The van der Waals surface area contributed by atoms with Crippen LogP contribution in [0.15, 0.2) is 72.4 Å². The third-order valence-electron chi connectivity index (χ3n) is 5.21. The first-order valence-electron chi connectivity index (χ1n) is 10.2. The number of ether oxygens (including phenoxy) is 1. The number of hydrogen-bond acceptors (Lipinski definition) is 4. The average molecular weight is 549 g/mol. The summed E-state index contributed by atoms with van der Waals surface area (Å²) in [5, 5.41) is 11.9. The zero-order valence-corrected chi connectivity index (χ0v) is 20.0. The van der Waals surface area contributed by atoms with Crippen LogP contribution in [0.5, 0.6) is 5.75 Å². The van der Waals surface area contributed by atoms with E-state index in [-0.39, 0.29) is 24.8 Å². The molecule has 0 radical (unpaired) electrons. The number of hydrogen-bond donors (Lipinski definition) is 1. The number of carbonyl (C=O) groups is 2. The predicted molar refractivity (Wildman–Crippen MR) is 133 cm³/mol. The van der Waals surface area contributed by atoms with Gasteiger partial charge in [0.1, 0.15) is 18.1 Å². The summed E-state index contributed by atoms with van der Waals surface area (Å²) in [6.07, 6.45) is 1.66. The Morgan fingerprint density at radius 1 is 1.09 bits per heavy atom. The minimum absolute atomic E-state index is 0.219. The van der Waals surface area contributed by atoms with E-state index < -0.39 is 6.03 Å². The van der Waals surface area contributed by atoms with Gasteiger partial charge in [0.05, 0.1) is 21.7 Å². The fourth-order valence-corrected chi connectivity index (χ4v) is 4.09. The number of rotatable bonds is 6. The number of amides is 3. The fraction of sp³-hybridized carbons (Fsp3) is 0.115. The maximum atomic E-state index is 12.8. The minimum Gasteiger partial charge on any atom is -0.488 e. The molecule has 0 aliphatic carbocycles. The number of nitriles is 1. The molecule has 3 amide bonds. The fourth-order valence-electron chi connectivity index (χ4n) is 3.39. The van der Waals surface area contributed by atoms with E-state index in [2.05, 4.69) is 34.0 Å². The molecule has 0 saturated carbocycles. The summed E-state index contributed by atoms with van der Waals surface area (Å²) in [6, 6.07) is 22.3. The maximum Gasteiger partial charge on any atom is 0.329 e. The normalized spacial score (nSPS) is 14.3. The quantitative estimate of drug-likeness (QED) is 0.262. The van der Waals surface area contributed by atoms with Crippen molar-refractivity contribution in [3.05, 3.63) is 104 Å². The topological polar surface area (TPSA) is 82.4 Å². The van der Waals surface area contributed by atoms with Crippen LogP contribution in [0, 0.1) is 21.8 Å². The Balaban J connectivity index is 1.46. The second-order valence-electron chi connectivity index (χ2n) is 7.61. The van der Waals surface area contributed by atoms with Gasteiger partial charge in [-0.3, -0.25) is 9.69 Å². The molecule has 4 rings (SSSR count). The average Bonchev–Trinajstić information content (AvgIpc) is 3.07. The van der Waals surface area contributed by atoms with Crippen molar-refractivity contribution in [2.45, 2.75) is 20.1 Å². The lowest BCUT2D eigenvalue weighted by atomic mass is 10.1. The van der Waals surface area contributed by atoms with Gasteiger partial charge in [-0.25, -0.2) is 4.79 Å². The molecule has 33 heavy (non-hydrogen) atoms. The van der Waals surface area contributed by atoms with E-state index in [1.807, 2.05) is 67.6 Å². The molecule has 3 aromatic rings. The first-order valence-corrected chi connectivity index (χ1v) is 11.3. The van der Waals surface area contributed by atoms with Crippen LogP contribution in [-0.2, 0) is 17.9 Å². The van der Waals surface area contributed by atoms with Crippen molar-refractivity contribution in [2.24, 2.45) is 0 Å². The largest absolute Gasteiger partial charge is 0.488 e. The standard InChI is InChI=1S/C26H20IN3O3/c1-17-6-8-18(9-7-17)15-30-25(31)23(29-26(30)32)13-19-10-11-24(22(27)12-19)33-16-21-5-3-2-4-20(21)14-28/h2-13H,15-16H2,1H3,(H,29,32)/b23-13+.